The summed E-state index contributed by atoms with van der Waals surface area (Å²) in [4.78, 5) is 0. The molecule has 1 aliphatic carbocycles. The van der Waals surface area contributed by atoms with Crippen molar-refractivity contribution in [1.29, 1.82) is 0 Å². The minimum Gasteiger partial charge on any atom is -0.488 e. The van der Waals surface area contributed by atoms with Crippen LogP contribution in [0.3, 0.4) is 0 Å². The van der Waals surface area contributed by atoms with E-state index in [0.29, 0.717) is 6.10 Å². The maximum Gasteiger partial charge on any atom is 0.123 e. The average molecular weight is 245 g/mol. The smallest absolute Gasteiger partial charge is 0.123 e. The van der Waals surface area contributed by atoms with Crippen molar-refractivity contribution >= 4 is 0 Å². The first-order valence-electron chi connectivity index (χ1n) is 7.28. The summed E-state index contributed by atoms with van der Waals surface area (Å²) >= 11 is 0. The van der Waals surface area contributed by atoms with Gasteiger partial charge in [-0.2, -0.15) is 0 Å². The molecule has 1 fully saturated rings. The van der Waals surface area contributed by atoms with E-state index in [2.05, 4.69) is 36.5 Å². The molecule has 2 heteroatoms. The van der Waals surface area contributed by atoms with Gasteiger partial charge >= 0.3 is 0 Å². The summed E-state index contributed by atoms with van der Waals surface area (Å²) in [6.45, 7) is 4.54. The molecule has 1 saturated carbocycles. The Morgan fingerprint density at radius 1 is 1.22 bits per heavy atom. The monoisotopic (exact) mass is 245 g/mol. The highest BCUT2D eigenvalue weighted by atomic mass is 16.5. The molecule has 0 amide bonds. The van der Waals surface area contributed by atoms with Crippen molar-refractivity contribution in [2.75, 3.05) is 13.1 Å². The standard InChI is InChI=1S/C16H23NO/c1-12-5-4-7-14(12)10-17-11-15-9-13-6-2-3-8-16(13)18-15/h2-3,6,8,12,14-15,17H,4-5,7,9-11H2,1H3. The number of hydrogen-bond donors (Lipinski definition) is 1. The van der Waals surface area contributed by atoms with Gasteiger partial charge in [-0.15, -0.1) is 0 Å². The Balaban J connectivity index is 1.43. The van der Waals surface area contributed by atoms with Crippen molar-refractivity contribution in [1.82, 2.24) is 5.32 Å². The first-order chi connectivity index (χ1) is 8.83. The number of nitrogens with one attached hydrogen (secondary N) is 1. The second kappa shape index (κ2) is 5.31. The Hall–Kier alpha value is -1.02. The third kappa shape index (κ3) is 2.54. The lowest BCUT2D eigenvalue weighted by atomic mass is 9.98. The Morgan fingerprint density at radius 2 is 2.11 bits per heavy atom. The Bertz CT molecular complexity index is 379. The molecule has 1 N–H and O–H groups in total. The van der Waals surface area contributed by atoms with Crippen LogP contribution in [0.5, 0.6) is 5.75 Å². The van der Waals surface area contributed by atoms with Crippen LogP contribution in [0.1, 0.15) is 31.7 Å². The van der Waals surface area contributed by atoms with Crippen LogP contribution in [0.25, 0.3) is 0 Å². The zero-order valence-electron chi connectivity index (χ0n) is 11.2. The van der Waals surface area contributed by atoms with Gasteiger partial charge in [-0.25, -0.2) is 0 Å². The summed E-state index contributed by atoms with van der Waals surface area (Å²) in [5.41, 5.74) is 1.36. The van der Waals surface area contributed by atoms with Gasteiger partial charge in [0, 0.05) is 13.0 Å². The normalized spacial score (nSPS) is 30.2. The van der Waals surface area contributed by atoms with Gasteiger partial charge in [-0.05, 0) is 36.4 Å². The molecule has 0 aromatic heterocycles. The van der Waals surface area contributed by atoms with Gasteiger partial charge in [0.2, 0.25) is 0 Å². The summed E-state index contributed by atoms with van der Waals surface area (Å²) in [7, 11) is 0. The van der Waals surface area contributed by atoms with E-state index < -0.39 is 0 Å². The van der Waals surface area contributed by atoms with E-state index in [1.807, 2.05) is 0 Å². The number of hydrogen-bond acceptors (Lipinski definition) is 2. The Morgan fingerprint density at radius 3 is 2.89 bits per heavy atom. The molecule has 18 heavy (non-hydrogen) atoms. The van der Waals surface area contributed by atoms with Crippen LogP contribution in [-0.2, 0) is 6.42 Å². The van der Waals surface area contributed by atoms with E-state index in [0.717, 1.165) is 37.1 Å². The van der Waals surface area contributed by atoms with Gasteiger partial charge in [0.1, 0.15) is 11.9 Å². The van der Waals surface area contributed by atoms with Crippen LogP contribution in [0.2, 0.25) is 0 Å². The molecule has 1 aromatic carbocycles. The molecule has 98 valence electrons. The lowest BCUT2D eigenvalue weighted by Gasteiger charge is -2.18. The van der Waals surface area contributed by atoms with Gasteiger partial charge in [-0.3, -0.25) is 0 Å². The zero-order chi connectivity index (χ0) is 12.4. The van der Waals surface area contributed by atoms with Gasteiger partial charge in [-0.1, -0.05) is 38.0 Å². The third-order valence-electron chi connectivity index (χ3n) is 4.53. The lowest BCUT2D eigenvalue weighted by molar-refractivity contribution is 0.222. The second-order valence-corrected chi connectivity index (χ2v) is 5.88. The van der Waals surface area contributed by atoms with Gasteiger partial charge in [0.25, 0.3) is 0 Å². The minimum absolute atomic E-state index is 0.333. The van der Waals surface area contributed by atoms with E-state index in [9.17, 15) is 0 Å². The van der Waals surface area contributed by atoms with Crippen molar-refractivity contribution in [3.05, 3.63) is 29.8 Å². The Kier molecular flexibility index (Phi) is 3.55. The van der Waals surface area contributed by atoms with Crippen molar-refractivity contribution in [2.45, 2.75) is 38.7 Å². The molecule has 0 radical (unpaired) electrons. The predicted molar refractivity (Wildman–Crippen MR) is 73.9 cm³/mol. The maximum absolute atomic E-state index is 5.94. The summed E-state index contributed by atoms with van der Waals surface area (Å²) < 4.78 is 5.94. The number of para-hydroxylation sites is 1. The molecule has 1 aliphatic heterocycles. The topological polar surface area (TPSA) is 21.3 Å². The fraction of sp³-hybridized carbons (Fsp3) is 0.625. The van der Waals surface area contributed by atoms with E-state index in [1.54, 1.807) is 0 Å². The van der Waals surface area contributed by atoms with E-state index >= 15 is 0 Å². The van der Waals surface area contributed by atoms with Crippen LogP contribution in [0.4, 0.5) is 0 Å². The SMILES string of the molecule is CC1CCCC1CNCC1Cc2ccccc2O1. The number of benzene rings is 1. The Labute approximate surface area is 110 Å². The van der Waals surface area contributed by atoms with Crippen molar-refractivity contribution < 1.29 is 4.74 Å². The molecule has 2 nitrogen and oxygen atoms in total. The molecule has 0 spiro atoms. The van der Waals surface area contributed by atoms with Crippen molar-refractivity contribution in [3.63, 3.8) is 0 Å². The fourth-order valence-corrected chi connectivity index (χ4v) is 3.32. The summed E-state index contributed by atoms with van der Waals surface area (Å²) in [6.07, 6.45) is 5.62. The largest absolute Gasteiger partial charge is 0.488 e. The molecule has 1 heterocycles. The molecule has 2 aliphatic rings. The summed E-state index contributed by atoms with van der Waals surface area (Å²) in [5.74, 6) is 2.87. The minimum atomic E-state index is 0.333. The zero-order valence-corrected chi connectivity index (χ0v) is 11.2. The molecule has 1 aromatic rings. The van der Waals surface area contributed by atoms with Gasteiger partial charge < -0.3 is 10.1 Å². The highest BCUT2D eigenvalue weighted by Crippen LogP contribution is 2.31. The maximum atomic E-state index is 5.94. The number of ether oxygens (including phenoxy) is 1. The van der Waals surface area contributed by atoms with E-state index in [-0.39, 0.29) is 0 Å². The van der Waals surface area contributed by atoms with Crippen LogP contribution >= 0.6 is 0 Å². The van der Waals surface area contributed by atoms with E-state index in [1.165, 1.54) is 24.8 Å². The number of fused-ring (bicyclic) bond motifs is 1. The lowest BCUT2D eigenvalue weighted by Crippen LogP contribution is -2.33. The van der Waals surface area contributed by atoms with Crippen molar-refractivity contribution in [2.24, 2.45) is 11.8 Å². The average Bonchev–Trinajstić information content (AvgIpc) is 2.96. The first-order valence-corrected chi connectivity index (χ1v) is 7.28. The first kappa shape index (κ1) is 12.0. The molecule has 3 atom stereocenters. The highest BCUT2D eigenvalue weighted by molar-refractivity contribution is 5.37. The van der Waals surface area contributed by atoms with Crippen LogP contribution in [0, 0.1) is 11.8 Å². The quantitative estimate of drug-likeness (QED) is 0.880. The summed E-state index contributed by atoms with van der Waals surface area (Å²) in [6, 6.07) is 8.40. The molecule has 3 unspecified atom stereocenters. The molecule has 0 saturated heterocycles. The fourth-order valence-electron chi connectivity index (χ4n) is 3.32. The van der Waals surface area contributed by atoms with Crippen LogP contribution in [-0.4, -0.2) is 19.2 Å². The second-order valence-electron chi connectivity index (χ2n) is 5.88. The number of rotatable bonds is 4. The van der Waals surface area contributed by atoms with Gasteiger partial charge in [0.15, 0.2) is 0 Å². The van der Waals surface area contributed by atoms with Crippen molar-refractivity contribution in [3.8, 4) is 5.75 Å². The summed E-state index contributed by atoms with van der Waals surface area (Å²) in [5, 5.41) is 3.61. The third-order valence-corrected chi connectivity index (χ3v) is 4.53. The predicted octanol–water partition coefficient (Wildman–Crippen LogP) is 3.02. The van der Waals surface area contributed by atoms with Crippen LogP contribution < -0.4 is 10.1 Å². The molecule has 3 rings (SSSR count). The molecular weight excluding hydrogens is 222 g/mol. The van der Waals surface area contributed by atoms with E-state index in [4.69, 9.17) is 4.74 Å². The molecular formula is C16H23NO. The van der Waals surface area contributed by atoms with Crippen LogP contribution in [0.15, 0.2) is 24.3 Å². The highest BCUT2D eigenvalue weighted by Gasteiger charge is 2.25. The van der Waals surface area contributed by atoms with Gasteiger partial charge in [0.05, 0.1) is 0 Å². The molecule has 0 bridgehead atoms.